The highest BCUT2D eigenvalue weighted by atomic mass is 32.1. The third-order valence-corrected chi connectivity index (χ3v) is 5.86. The van der Waals surface area contributed by atoms with E-state index in [9.17, 15) is 9.59 Å². The van der Waals surface area contributed by atoms with E-state index in [0.29, 0.717) is 28.6 Å². The fourth-order valence-corrected chi connectivity index (χ4v) is 4.39. The summed E-state index contributed by atoms with van der Waals surface area (Å²) in [6.45, 7) is 2.60. The number of aromatic nitrogens is 4. The van der Waals surface area contributed by atoms with Crippen LogP contribution in [0.1, 0.15) is 28.5 Å². The molecule has 150 valence electrons. The molecule has 9 heteroatoms. The lowest BCUT2D eigenvalue weighted by atomic mass is 10.1. The lowest BCUT2D eigenvalue weighted by Gasteiger charge is -2.17. The van der Waals surface area contributed by atoms with Crippen molar-refractivity contribution in [2.24, 2.45) is 0 Å². The van der Waals surface area contributed by atoms with Gasteiger partial charge in [-0.1, -0.05) is 18.3 Å². The topological polar surface area (TPSA) is 92.5 Å². The Hall–Kier alpha value is -3.59. The number of nitrogens with zero attached hydrogens (tertiary/aromatic N) is 5. The molecule has 30 heavy (non-hydrogen) atoms. The molecule has 1 aromatic carbocycles. The van der Waals surface area contributed by atoms with Gasteiger partial charge >= 0.3 is 0 Å². The highest BCUT2D eigenvalue weighted by Gasteiger charge is 2.26. The van der Waals surface area contributed by atoms with Crippen LogP contribution in [0.3, 0.4) is 0 Å². The van der Waals surface area contributed by atoms with Gasteiger partial charge in [-0.15, -0.1) is 5.10 Å². The Labute approximate surface area is 175 Å². The van der Waals surface area contributed by atoms with Gasteiger partial charge in [0.1, 0.15) is 0 Å². The first-order chi connectivity index (χ1) is 14.6. The molecule has 0 spiro atoms. The molecule has 0 saturated heterocycles. The number of hydrogen-bond donors (Lipinski definition) is 1. The van der Waals surface area contributed by atoms with Gasteiger partial charge in [-0.2, -0.15) is 4.52 Å². The minimum Gasteiger partial charge on any atom is -0.330 e. The normalized spacial score (nSPS) is 12.9. The third-order valence-electron chi connectivity index (χ3n) is 5.04. The summed E-state index contributed by atoms with van der Waals surface area (Å²) in [5.74, 6) is -0.0501. The molecule has 4 heterocycles. The van der Waals surface area contributed by atoms with Crippen LogP contribution in [-0.4, -0.2) is 32.0 Å². The molecule has 0 aliphatic carbocycles. The molecule has 1 amide bonds. The lowest BCUT2D eigenvalue weighted by Crippen LogP contribution is -2.28. The molecule has 0 unspecified atom stereocenters. The fourth-order valence-electron chi connectivity index (χ4n) is 3.55. The molecule has 5 rings (SSSR count). The van der Waals surface area contributed by atoms with Gasteiger partial charge in [0.15, 0.2) is 0 Å². The molecule has 4 aromatic rings. The lowest BCUT2D eigenvalue weighted by molar-refractivity contribution is 0.0989. The van der Waals surface area contributed by atoms with E-state index in [4.69, 9.17) is 0 Å². The van der Waals surface area contributed by atoms with Gasteiger partial charge in [-0.3, -0.25) is 14.6 Å². The van der Waals surface area contributed by atoms with Crippen molar-refractivity contribution < 1.29 is 4.79 Å². The highest BCUT2D eigenvalue weighted by molar-refractivity contribution is 7.20. The fraction of sp³-hybridized carbons (Fsp3) is 0.190. The van der Waals surface area contributed by atoms with Gasteiger partial charge in [-0.25, -0.2) is 4.98 Å². The predicted octanol–water partition coefficient (Wildman–Crippen LogP) is 3.05. The zero-order valence-electron chi connectivity index (χ0n) is 16.2. The number of pyridine rings is 1. The Bertz CT molecular complexity index is 1310. The van der Waals surface area contributed by atoms with Gasteiger partial charge < -0.3 is 10.2 Å². The molecule has 8 nitrogen and oxygen atoms in total. The van der Waals surface area contributed by atoms with Crippen LogP contribution >= 0.6 is 11.3 Å². The summed E-state index contributed by atoms with van der Waals surface area (Å²) in [5, 5.41) is 8.19. The predicted molar refractivity (Wildman–Crippen MR) is 116 cm³/mol. The average Bonchev–Trinajstić information content (AvgIpc) is 3.37. The van der Waals surface area contributed by atoms with Crippen LogP contribution in [0, 0.1) is 0 Å². The van der Waals surface area contributed by atoms with Crippen LogP contribution in [0.5, 0.6) is 0 Å². The third kappa shape index (κ3) is 3.22. The summed E-state index contributed by atoms with van der Waals surface area (Å²) < 4.78 is 1.31. The standard InChI is InChI=1S/C21H18N6O2S/c1-2-15-11-18(28)27-21(24-15)30-20(25-27)23-16-5-6-17-13(10-16)7-9-26(17)19(29)14-4-3-8-22-12-14/h3-6,8,10-12H,2,7,9H2,1H3,(H,23,25). The highest BCUT2D eigenvalue weighted by Crippen LogP contribution is 2.33. The minimum absolute atomic E-state index is 0.0501. The molecule has 1 aliphatic heterocycles. The van der Waals surface area contributed by atoms with Crippen LogP contribution in [-0.2, 0) is 12.8 Å². The van der Waals surface area contributed by atoms with Crippen LogP contribution in [0.15, 0.2) is 53.6 Å². The van der Waals surface area contributed by atoms with Gasteiger partial charge in [0.25, 0.3) is 11.5 Å². The number of nitrogens with one attached hydrogen (secondary N) is 1. The molecule has 0 fully saturated rings. The Kier molecular flexibility index (Phi) is 4.51. The second-order valence-electron chi connectivity index (χ2n) is 6.96. The van der Waals surface area contributed by atoms with Crippen molar-refractivity contribution >= 4 is 38.7 Å². The van der Waals surface area contributed by atoms with Gasteiger partial charge in [0, 0.05) is 42.1 Å². The van der Waals surface area contributed by atoms with Crippen molar-refractivity contribution in [3.05, 3.63) is 76.0 Å². The Morgan fingerprint density at radius 2 is 2.17 bits per heavy atom. The van der Waals surface area contributed by atoms with Crippen LogP contribution in [0.2, 0.25) is 0 Å². The summed E-state index contributed by atoms with van der Waals surface area (Å²) in [5.41, 5.74) is 4.00. The van der Waals surface area contributed by atoms with E-state index >= 15 is 0 Å². The maximum atomic E-state index is 12.8. The molecular weight excluding hydrogens is 400 g/mol. The number of benzene rings is 1. The molecule has 0 saturated carbocycles. The summed E-state index contributed by atoms with van der Waals surface area (Å²) in [6.07, 6.45) is 4.72. The van der Waals surface area contributed by atoms with E-state index in [0.717, 1.165) is 29.1 Å². The minimum atomic E-state index is -0.181. The molecule has 0 atom stereocenters. The number of hydrogen-bond acceptors (Lipinski definition) is 7. The summed E-state index contributed by atoms with van der Waals surface area (Å²) in [7, 11) is 0. The van der Waals surface area contributed by atoms with Gasteiger partial charge in [0.05, 0.1) is 5.56 Å². The quantitative estimate of drug-likeness (QED) is 0.548. The first-order valence-corrected chi connectivity index (χ1v) is 10.5. The number of amides is 1. The Morgan fingerprint density at radius 1 is 1.27 bits per heavy atom. The maximum absolute atomic E-state index is 12.8. The molecule has 3 aromatic heterocycles. The van der Waals surface area contributed by atoms with E-state index in [2.05, 4.69) is 20.4 Å². The Balaban J connectivity index is 1.40. The SMILES string of the molecule is CCc1cc(=O)n2nc(Nc3ccc4c(c3)CCN4C(=O)c3cccnc3)sc2n1. The average molecular weight is 418 g/mol. The van der Waals surface area contributed by atoms with Crippen LogP contribution in [0.4, 0.5) is 16.5 Å². The number of fused-ring (bicyclic) bond motifs is 2. The number of aryl methyl sites for hydroxylation is 1. The Morgan fingerprint density at radius 3 is 2.97 bits per heavy atom. The molecular formula is C21H18N6O2S. The van der Waals surface area contributed by atoms with Crippen molar-refractivity contribution in [1.29, 1.82) is 0 Å². The van der Waals surface area contributed by atoms with E-state index in [1.54, 1.807) is 29.4 Å². The molecule has 1 aliphatic rings. The van der Waals surface area contributed by atoms with Crippen molar-refractivity contribution in [2.45, 2.75) is 19.8 Å². The van der Waals surface area contributed by atoms with Crippen LogP contribution in [0.25, 0.3) is 4.96 Å². The van der Waals surface area contributed by atoms with Gasteiger partial charge in [-0.05, 0) is 48.7 Å². The van der Waals surface area contributed by atoms with E-state index < -0.39 is 0 Å². The van der Waals surface area contributed by atoms with E-state index in [1.165, 1.54) is 21.9 Å². The van der Waals surface area contributed by atoms with Crippen molar-refractivity contribution in [2.75, 3.05) is 16.8 Å². The number of anilines is 3. The van der Waals surface area contributed by atoms with Crippen LogP contribution < -0.4 is 15.8 Å². The second kappa shape index (κ2) is 7.34. The number of carbonyl (C=O) groups is 1. The van der Waals surface area contributed by atoms with Gasteiger partial charge in [0.2, 0.25) is 10.1 Å². The van der Waals surface area contributed by atoms with E-state index in [1.807, 2.05) is 25.1 Å². The first-order valence-electron chi connectivity index (χ1n) is 9.64. The maximum Gasteiger partial charge on any atom is 0.275 e. The summed E-state index contributed by atoms with van der Waals surface area (Å²) in [6, 6.07) is 10.9. The zero-order chi connectivity index (χ0) is 20.7. The molecule has 1 N–H and O–H groups in total. The monoisotopic (exact) mass is 418 g/mol. The number of carbonyl (C=O) groups excluding carboxylic acids is 1. The van der Waals surface area contributed by atoms with E-state index in [-0.39, 0.29) is 11.5 Å². The summed E-state index contributed by atoms with van der Waals surface area (Å²) >= 11 is 1.33. The first kappa shape index (κ1) is 18.4. The van der Waals surface area contributed by atoms with Crippen molar-refractivity contribution in [3.8, 4) is 0 Å². The summed E-state index contributed by atoms with van der Waals surface area (Å²) in [4.78, 5) is 35.8. The van der Waals surface area contributed by atoms with Crippen molar-refractivity contribution in [1.82, 2.24) is 19.6 Å². The zero-order valence-corrected chi connectivity index (χ0v) is 17.0. The van der Waals surface area contributed by atoms with Crippen molar-refractivity contribution in [3.63, 3.8) is 0 Å². The molecule has 0 radical (unpaired) electrons. The largest absolute Gasteiger partial charge is 0.330 e. The molecule has 0 bridgehead atoms. The second-order valence-corrected chi connectivity index (χ2v) is 7.91. The smallest absolute Gasteiger partial charge is 0.275 e. The number of rotatable bonds is 4.